The van der Waals surface area contributed by atoms with E-state index in [0.29, 0.717) is 35.5 Å². The summed E-state index contributed by atoms with van der Waals surface area (Å²) in [7, 11) is 0. The maximum atomic E-state index is 12.8. The average molecular weight is 386 g/mol. The number of rotatable bonds is 3. The quantitative estimate of drug-likeness (QED) is 0.641. The van der Waals surface area contributed by atoms with Crippen LogP contribution in [0.3, 0.4) is 0 Å². The normalized spacial score (nSPS) is 18.4. The first-order chi connectivity index (χ1) is 12.0. The average Bonchev–Trinajstić information content (AvgIpc) is 3.21. The lowest BCUT2D eigenvalue weighted by Crippen LogP contribution is -2.44. The molecule has 1 fully saturated rings. The van der Waals surface area contributed by atoms with Gasteiger partial charge in [-0.3, -0.25) is 0 Å². The van der Waals surface area contributed by atoms with Gasteiger partial charge in [0, 0.05) is 29.2 Å². The standard InChI is InChI=1S/C15H14ClF2N5OS/c1-8-6-24-3-2-22(8)13-12-11(20-14(16)21-13)10(7-25-12)9-4-19-23(5-9)15(17)18/h4-5,7-8,15H,2-3,6H2,1H3/t8-/m1/s1. The van der Waals surface area contributed by atoms with E-state index < -0.39 is 6.55 Å². The molecular weight excluding hydrogens is 372 g/mol. The van der Waals surface area contributed by atoms with E-state index in [2.05, 4.69) is 26.9 Å². The minimum Gasteiger partial charge on any atom is -0.377 e. The number of alkyl halides is 2. The predicted octanol–water partition coefficient (Wildman–Crippen LogP) is 3.83. The molecule has 4 rings (SSSR count). The first kappa shape index (κ1) is 16.6. The third-order valence-electron chi connectivity index (χ3n) is 4.12. The second-order valence-corrected chi connectivity index (χ2v) is 6.97. The smallest absolute Gasteiger partial charge is 0.333 e. The van der Waals surface area contributed by atoms with Crippen molar-refractivity contribution in [1.29, 1.82) is 0 Å². The summed E-state index contributed by atoms with van der Waals surface area (Å²) in [6.07, 6.45) is 2.71. The van der Waals surface area contributed by atoms with Crippen LogP contribution in [0.2, 0.25) is 5.28 Å². The number of aromatic nitrogens is 4. The minimum atomic E-state index is -2.68. The monoisotopic (exact) mass is 385 g/mol. The molecule has 0 N–H and O–H groups in total. The van der Waals surface area contributed by atoms with E-state index in [1.807, 2.05) is 5.38 Å². The summed E-state index contributed by atoms with van der Waals surface area (Å²) in [6, 6.07) is 0.162. The highest BCUT2D eigenvalue weighted by molar-refractivity contribution is 7.18. The molecule has 1 saturated heterocycles. The molecule has 1 atom stereocenters. The highest BCUT2D eigenvalue weighted by atomic mass is 35.5. The molecule has 3 aromatic heterocycles. The maximum absolute atomic E-state index is 12.8. The van der Waals surface area contributed by atoms with E-state index in [9.17, 15) is 8.78 Å². The molecule has 0 aliphatic carbocycles. The van der Waals surface area contributed by atoms with E-state index in [0.717, 1.165) is 16.1 Å². The Balaban J connectivity index is 1.83. The Bertz CT molecular complexity index is 915. The Labute approximate surface area is 151 Å². The van der Waals surface area contributed by atoms with Crippen LogP contribution in [0.4, 0.5) is 14.6 Å². The second-order valence-electron chi connectivity index (χ2n) is 5.75. The van der Waals surface area contributed by atoms with Gasteiger partial charge in [-0.25, -0.2) is 9.67 Å². The molecule has 0 saturated carbocycles. The lowest BCUT2D eigenvalue weighted by molar-refractivity contribution is 0.0566. The van der Waals surface area contributed by atoms with Crippen molar-refractivity contribution in [3.63, 3.8) is 0 Å². The molecule has 0 amide bonds. The lowest BCUT2D eigenvalue weighted by atomic mass is 10.1. The number of nitrogens with zero attached hydrogens (tertiary/aromatic N) is 5. The van der Waals surface area contributed by atoms with Gasteiger partial charge in [0.15, 0.2) is 5.82 Å². The fraction of sp³-hybridized carbons (Fsp3) is 0.400. The van der Waals surface area contributed by atoms with Crippen molar-refractivity contribution < 1.29 is 13.5 Å². The topological polar surface area (TPSA) is 56.1 Å². The third kappa shape index (κ3) is 2.96. The van der Waals surface area contributed by atoms with Crippen LogP contribution in [0.25, 0.3) is 21.3 Å². The first-order valence-corrected chi connectivity index (χ1v) is 8.92. The van der Waals surface area contributed by atoms with Crippen LogP contribution in [-0.2, 0) is 4.74 Å². The van der Waals surface area contributed by atoms with Crippen molar-refractivity contribution in [2.45, 2.75) is 19.5 Å². The highest BCUT2D eigenvalue weighted by Gasteiger charge is 2.25. The number of fused-ring (bicyclic) bond motifs is 1. The Morgan fingerprint density at radius 3 is 2.96 bits per heavy atom. The Kier molecular flexibility index (Phi) is 4.30. The summed E-state index contributed by atoms with van der Waals surface area (Å²) in [5.41, 5.74) is 1.94. The molecule has 0 spiro atoms. The van der Waals surface area contributed by atoms with E-state index in [-0.39, 0.29) is 11.3 Å². The van der Waals surface area contributed by atoms with Crippen molar-refractivity contribution in [3.05, 3.63) is 23.1 Å². The molecule has 0 bridgehead atoms. The van der Waals surface area contributed by atoms with Gasteiger partial charge in [0.05, 0.1) is 35.7 Å². The van der Waals surface area contributed by atoms with Crippen LogP contribution < -0.4 is 4.90 Å². The summed E-state index contributed by atoms with van der Waals surface area (Å²) in [4.78, 5) is 10.9. The molecule has 1 aliphatic rings. The summed E-state index contributed by atoms with van der Waals surface area (Å²) in [5.74, 6) is 0.753. The van der Waals surface area contributed by atoms with Crippen LogP contribution in [-0.4, -0.2) is 45.5 Å². The molecular formula is C15H14ClF2N5OS. The molecule has 0 radical (unpaired) electrons. The van der Waals surface area contributed by atoms with Gasteiger partial charge in [0.1, 0.15) is 0 Å². The third-order valence-corrected chi connectivity index (χ3v) is 5.26. The number of morpholine rings is 1. The van der Waals surface area contributed by atoms with Gasteiger partial charge in [-0.05, 0) is 18.5 Å². The molecule has 0 unspecified atom stereocenters. The molecule has 132 valence electrons. The van der Waals surface area contributed by atoms with Crippen molar-refractivity contribution in [2.75, 3.05) is 24.7 Å². The number of anilines is 1. The molecule has 10 heteroatoms. The SMILES string of the molecule is C[C@@H]1COCCN1c1nc(Cl)nc2c(-c3cnn(C(F)F)c3)csc12. The van der Waals surface area contributed by atoms with Gasteiger partial charge in [0.25, 0.3) is 0 Å². The van der Waals surface area contributed by atoms with Crippen molar-refractivity contribution >= 4 is 39.0 Å². The fourth-order valence-electron chi connectivity index (χ4n) is 2.90. The van der Waals surface area contributed by atoms with Crippen LogP contribution in [0.5, 0.6) is 0 Å². The number of halogens is 3. The molecule has 3 aromatic rings. The van der Waals surface area contributed by atoms with Gasteiger partial charge in [-0.2, -0.15) is 18.9 Å². The van der Waals surface area contributed by atoms with E-state index in [4.69, 9.17) is 16.3 Å². The van der Waals surface area contributed by atoms with Crippen LogP contribution in [0.1, 0.15) is 13.5 Å². The van der Waals surface area contributed by atoms with E-state index in [1.54, 1.807) is 0 Å². The zero-order valence-electron chi connectivity index (χ0n) is 13.2. The summed E-state index contributed by atoms with van der Waals surface area (Å²) >= 11 is 7.61. The lowest BCUT2D eigenvalue weighted by Gasteiger charge is -2.34. The van der Waals surface area contributed by atoms with Gasteiger partial charge in [-0.15, -0.1) is 11.3 Å². The molecule has 0 aromatic carbocycles. The van der Waals surface area contributed by atoms with Crippen molar-refractivity contribution in [3.8, 4) is 11.1 Å². The Hall–Kier alpha value is -1.84. The van der Waals surface area contributed by atoms with E-state index in [1.165, 1.54) is 23.7 Å². The van der Waals surface area contributed by atoms with Crippen LogP contribution >= 0.6 is 22.9 Å². The summed E-state index contributed by atoms with van der Waals surface area (Å²) < 4.78 is 32.5. The Morgan fingerprint density at radius 1 is 1.40 bits per heavy atom. The fourth-order valence-corrected chi connectivity index (χ4v) is 4.09. The zero-order valence-corrected chi connectivity index (χ0v) is 14.8. The minimum absolute atomic E-state index is 0.127. The summed E-state index contributed by atoms with van der Waals surface area (Å²) in [6.45, 7) is 1.32. The maximum Gasteiger partial charge on any atom is 0.333 e. The Morgan fingerprint density at radius 2 is 2.24 bits per heavy atom. The van der Waals surface area contributed by atoms with Crippen LogP contribution in [0, 0.1) is 0 Å². The number of ether oxygens (including phenoxy) is 1. The van der Waals surface area contributed by atoms with Gasteiger partial charge in [-0.1, -0.05) is 0 Å². The molecule has 1 aliphatic heterocycles. The molecule has 25 heavy (non-hydrogen) atoms. The summed E-state index contributed by atoms with van der Waals surface area (Å²) in [5, 5.41) is 5.69. The van der Waals surface area contributed by atoms with Crippen molar-refractivity contribution in [2.24, 2.45) is 0 Å². The predicted molar refractivity (Wildman–Crippen MR) is 92.5 cm³/mol. The first-order valence-electron chi connectivity index (χ1n) is 7.66. The van der Waals surface area contributed by atoms with Crippen molar-refractivity contribution in [1.82, 2.24) is 19.7 Å². The van der Waals surface area contributed by atoms with Gasteiger partial charge >= 0.3 is 6.55 Å². The van der Waals surface area contributed by atoms with Crippen LogP contribution in [0.15, 0.2) is 17.8 Å². The number of hydrogen-bond acceptors (Lipinski definition) is 6. The zero-order chi connectivity index (χ0) is 17.6. The molecule has 4 heterocycles. The second kappa shape index (κ2) is 6.47. The highest BCUT2D eigenvalue weighted by Crippen LogP contribution is 2.39. The largest absolute Gasteiger partial charge is 0.377 e. The van der Waals surface area contributed by atoms with E-state index >= 15 is 0 Å². The van der Waals surface area contributed by atoms with Gasteiger partial charge < -0.3 is 9.64 Å². The van der Waals surface area contributed by atoms with Gasteiger partial charge in [0.2, 0.25) is 5.28 Å². The number of hydrogen-bond donors (Lipinski definition) is 0. The number of thiophene rings is 1. The molecule has 6 nitrogen and oxygen atoms in total.